The molecule has 0 aromatic carbocycles. The molecule has 1 aliphatic heterocycles. The van der Waals surface area contributed by atoms with Gasteiger partial charge in [-0.25, -0.2) is 4.72 Å². The molecule has 1 unspecified atom stereocenters. The van der Waals surface area contributed by atoms with Gasteiger partial charge in [-0.15, -0.1) is 0 Å². The highest BCUT2D eigenvalue weighted by atomic mass is 32.2. The van der Waals surface area contributed by atoms with Crippen LogP contribution in [0.15, 0.2) is 0 Å². The molecule has 8 heteroatoms. The number of carbonyl (C=O) groups is 1. The molecule has 1 fully saturated rings. The summed E-state index contributed by atoms with van der Waals surface area (Å²) >= 11 is 0. The second-order valence-electron chi connectivity index (χ2n) is 3.04. The van der Waals surface area contributed by atoms with Gasteiger partial charge in [0.25, 0.3) is 10.2 Å². The Kier molecular flexibility index (Phi) is 4.03. The molecular weight excluding hydrogens is 224 g/mol. The number of rotatable bonds is 4. The standard InChI is InChI=1S/C7H14N2O5S/c1-2-8-15(12,13)9-3-4-14-5-6(9)7(10)11/h6,8H,2-5H2,1H3,(H,10,11). The van der Waals surface area contributed by atoms with Crippen LogP contribution in [0.5, 0.6) is 0 Å². The summed E-state index contributed by atoms with van der Waals surface area (Å²) < 4.78 is 31.3. The molecule has 0 aromatic rings. The van der Waals surface area contributed by atoms with Gasteiger partial charge in [-0.3, -0.25) is 4.79 Å². The Labute approximate surface area is 88.2 Å². The zero-order chi connectivity index (χ0) is 11.5. The molecule has 1 rings (SSSR count). The van der Waals surface area contributed by atoms with Gasteiger partial charge in [0.05, 0.1) is 13.2 Å². The molecule has 0 aromatic heterocycles. The van der Waals surface area contributed by atoms with Crippen LogP contribution >= 0.6 is 0 Å². The lowest BCUT2D eigenvalue weighted by Crippen LogP contribution is -2.55. The minimum absolute atomic E-state index is 0.0618. The molecule has 0 saturated carbocycles. The maximum absolute atomic E-state index is 11.6. The van der Waals surface area contributed by atoms with Crippen molar-refractivity contribution in [3.8, 4) is 0 Å². The van der Waals surface area contributed by atoms with E-state index in [0.29, 0.717) is 0 Å². The summed E-state index contributed by atoms with van der Waals surface area (Å²) in [5.74, 6) is -1.20. The molecule has 0 bridgehead atoms. The molecule has 1 saturated heterocycles. The van der Waals surface area contributed by atoms with Gasteiger partial charge >= 0.3 is 5.97 Å². The summed E-state index contributed by atoms with van der Waals surface area (Å²) in [6.45, 7) is 2.03. The first-order valence-corrected chi connectivity index (χ1v) is 6.00. The van der Waals surface area contributed by atoms with Gasteiger partial charge < -0.3 is 9.84 Å². The molecule has 7 nitrogen and oxygen atoms in total. The number of aliphatic carboxylic acids is 1. The highest BCUT2D eigenvalue weighted by molar-refractivity contribution is 7.87. The van der Waals surface area contributed by atoms with Crippen molar-refractivity contribution in [2.75, 3.05) is 26.3 Å². The van der Waals surface area contributed by atoms with Crippen LogP contribution in [0, 0.1) is 0 Å². The van der Waals surface area contributed by atoms with E-state index in [1.807, 2.05) is 0 Å². The fourth-order valence-electron chi connectivity index (χ4n) is 1.34. The van der Waals surface area contributed by atoms with Crippen LogP contribution in [0.25, 0.3) is 0 Å². The highest BCUT2D eigenvalue weighted by Gasteiger charge is 2.36. The highest BCUT2D eigenvalue weighted by Crippen LogP contribution is 2.11. The van der Waals surface area contributed by atoms with Crippen LogP contribution < -0.4 is 4.72 Å². The van der Waals surface area contributed by atoms with Crippen molar-refractivity contribution in [1.82, 2.24) is 9.03 Å². The van der Waals surface area contributed by atoms with Crippen LogP contribution in [-0.4, -0.2) is 56.1 Å². The minimum atomic E-state index is -3.71. The molecular formula is C7H14N2O5S. The Morgan fingerprint density at radius 2 is 2.33 bits per heavy atom. The van der Waals surface area contributed by atoms with Gasteiger partial charge in [-0.05, 0) is 0 Å². The van der Waals surface area contributed by atoms with Crippen molar-refractivity contribution in [3.05, 3.63) is 0 Å². The van der Waals surface area contributed by atoms with Crippen molar-refractivity contribution in [3.63, 3.8) is 0 Å². The third-order valence-corrected chi connectivity index (χ3v) is 3.71. The van der Waals surface area contributed by atoms with Crippen molar-refractivity contribution in [2.45, 2.75) is 13.0 Å². The van der Waals surface area contributed by atoms with E-state index in [4.69, 9.17) is 9.84 Å². The summed E-state index contributed by atoms with van der Waals surface area (Å²) in [5.41, 5.74) is 0. The molecule has 0 aliphatic carbocycles. The SMILES string of the molecule is CCNS(=O)(=O)N1CCOCC1C(=O)O. The normalized spacial score (nSPS) is 23.9. The van der Waals surface area contributed by atoms with E-state index in [0.717, 1.165) is 4.31 Å². The zero-order valence-corrected chi connectivity index (χ0v) is 9.16. The van der Waals surface area contributed by atoms with E-state index in [1.165, 1.54) is 0 Å². The summed E-state index contributed by atoms with van der Waals surface area (Å²) in [4.78, 5) is 10.8. The number of carboxylic acids is 1. The lowest BCUT2D eigenvalue weighted by molar-refractivity contribution is -0.146. The Hall–Kier alpha value is -0.700. The Morgan fingerprint density at radius 3 is 2.87 bits per heavy atom. The monoisotopic (exact) mass is 238 g/mol. The predicted molar refractivity (Wildman–Crippen MR) is 51.5 cm³/mol. The predicted octanol–water partition coefficient (Wildman–Crippen LogP) is -1.37. The number of morpholine rings is 1. The van der Waals surface area contributed by atoms with Crippen molar-refractivity contribution in [2.24, 2.45) is 0 Å². The molecule has 0 radical (unpaired) electrons. The van der Waals surface area contributed by atoms with E-state index in [9.17, 15) is 13.2 Å². The van der Waals surface area contributed by atoms with Crippen molar-refractivity contribution < 1.29 is 23.1 Å². The van der Waals surface area contributed by atoms with E-state index in [-0.39, 0.29) is 26.3 Å². The zero-order valence-electron chi connectivity index (χ0n) is 8.34. The first-order chi connectivity index (χ1) is 6.99. The summed E-state index contributed by atoms with van der Waals surface area (Å²) in [5, 5.41) is 8.83. The smallest absolute Gasteiger partial charge is 0.324 e. The van der Waals surface area contributed by atoms with Gasteiger partial charge in [-0.1, -0.05) is 6.92 Å². The number of nitrogens with zero attached hydrogens (tertiary/aromatic N) is 1. The van der Waals surface area contributed by atoms with Crippen LogP contribution in [0.2, 0.25) is 0 Å². The minimum Gasteiger partial charge on any atom is -0.480 e. The van der Waals surface area contributed by atoms with E-state index in [1.54, 1.807) is 6.92 Å². The van der Waals surface area contributed by atoms with Crippen molar-refractivity contribution >= 4 is 16.2 Å². The van der Waals surface area contributed by atoms with Crippen LogP contribution in [0.1, 0.15) is 6.92 Å². The largest absolute Gasteiger partial charge is 0.480 e. The van der Waals surface area contributed by atoms with Crippen molar-refractivity contribution in [1.29, 1.82) is 0 Å². The molecule has 1 atom stereocenters. The fraction of sp³-hybridized carbons (Fsp3) is 0.857. The molecule has 2 N–H and O–H groups in total. The number of hydrogen-bond donors (Lipinski definition) is 2. The van der Waals surface area contributed by atoms with E-state index < -0.39 is 22.2 Å². The summed E-state index contributed by atoms with van der Waals surface area (Å²) in [6, 6.07) is -1.14. The Bertz CT molecular complexity index is 328. The lowest BCUT2D eigenvalue weighted by Gasteiger charge is -2.31. The molecule has 0 amide bonds. The molecule has 1 heterocycles. The number of ether oxygens (including phenoxy) is 1. The molecule has 1 aliphatic rings. The molecule has 88 valence electrons. The first kappa shape index (κ1) is 12.4. The topological polar surface area (TPSA) is 95.9 Å². The van der Waals surface area contributed by atoms with E-state index in [2.05, 4.69) is 4.72 Å². The summed E-state index contributed by atoms with van der Waals surface area (Å²) in [7, 11) is -3.71. The van der Waals surface area contributed by atoms with Gasteiger partial charge in [0.1, 0.15) is 6.04 Å². The number of carboxylic acid groups (broad SMARTS) is 1. The van der Waals surface area contributed by atoms with Crippen LogP contribution in [-0.2, 0) is 19.7 Å². The van der Waals surface area contributed by atoms with E-state index >= 15 is 0 Å². The number of nitrogens with one attached hydrogen (secondary N) is 1. The Balaban J connectivity index is 2.85. The van der Waals surface area contributed by atoms with Gasteiger partial charge in [0, 0.05) is 13.1 Å². The first-order valence-electron chi connectivity index (χ1n) is 4.56. The average molecular weight is 238 g/mol. The average Bonchev–Trinajstić information content (AvgIpc) is 2.17. The van der Waals surface area contributed by atoms with Gasteiger partial charge in [-0.2, -0.15) is 12.7 Å². The maximum Gasteiger partial charge on any atom is 0.324 e. The quantitative estimate of drug-likeness (QED) is 0.629. The Morgan fingerprint density at radius 1 is 1.67 bits per heavy atom. The van der Waals surface area contributed by atoms with Gasteiger partial charge in [0.2, 0.25) is 0 Å². The third-order valence-electron chi connectivity index (χ3n) is 2.00. The third kappa shape index (κ3) is 2.88. The lowest BCUT2D eigenvalue weighted by atomic mass is 10.3. The second kappa shape index (κ2) is 4.88. The number of hydrogen-bond acceptors (Lipinski definition) is 4. The van der Waals surface area contributed by atoms with Gasteiger partial charge in [0.15, 0.2) is 0 Å². The molecule has 0 spiro atoms. The maximum atomic E-state index is 11.6. The van der Waals surface area contributed by atoms with Crippen LogP contribution in [0.3, 0.4) is 0 Å². The van der Waals surface area contributed by atoms with Crippen LogP contribution in [0.4, 0.5) is 0 Å². The fourth-order valence-corrected chi connectivity index (χ4v) is 2.67. The summed E-state index contributed by atoms with van der Waals surface area (Å²) in [6.07, 6.45) is 0. The molecule has 15 heavy (non-hydrogen) atoms. The second-order valence-corrected chi connectivity index (χ2v) is 4.75.